The molecular weight excluding hydrogens is 297 g/mol. The zero-order valence-electron chi connectivity index (χ0n) is 12.3. The minimum Gasteiger partial charge on any atom is -0.466 e. The number of hydrogen-bond acceptors (Lipinski definition) is 3. The fourth-order valence-electron chi connectivity index (χ4n) is 2.86. The highest BCUT2D eigenvalue weighted by Crippen LogP contribution is 2.41. The predicted molar refractivity (Wildman–Crippen MR) is 73.9 cm³/mol. The molecule has 0 heterocycles. The second-order valence-corrected chi connectivity index (χ2v) is 5.64. The van der Waals surface area contributed by atoms with E-state index in [1.54, 1.807) is 6.92 Å². The molecule has 3 nitrogen and oxygen atoms in total. The first kappa shape index (κ1) is 16.8. The van der Waals surface area contributed by atoms with Crippen LogP contribution in [0, 0.1) is 5.92 Å². The van der Waals surface area contributed by atoms with E-state index in [4.69, 9.17) is 4.74 Å². The van der Waals surface area contributed by atoms with E-state index in [0.29, 0.717) is 19.4 Å². The Morgan fingerprint density at radius 3 is 2.55 bits per heavy atom. The van der Waals surface area contributed by atoms with Crippen molar-refractivity contribution in [3.05, 3.63) is 35.4 Å². The van der Waals surface area contributed by atoms with Gasteiger partial charge < -0.3 is 9.84 Å². The van der Waals surface area contributed by atoms with Crippen LogP contribution in [0.2, 0.25) is 0 Å². The number of ether oxygens (including phenoxy) is 1. The van der Waals surface area contributed by atoms with Crippen molar-refractivity contribution in [3.8, 4) is 0 Å². The average Bonchev–Trinajstić information content (AvgIpc) is 2.47. The molecule has 1 aromatic rings. The number of rotatable bonds is 3. The molecule has 0 amide bonds. The summed E-state index contributed by atoms with van der Waals surface area (Å²) in [5.41, 5.74) is -1.83. The minimum atomic E-state index is -4.44. The number of halogens is 3. The van der Waals surface area contributed by atoms with E-state index in [-0.39, 0.29) is 30.3 Å². The summed E-state index contributed by atoms with van der Waals surface area (Å²) in [7, 11) is 0. The molecule has 22 heavy (non-hydrogen) atoms. The van der Waals surface area contributed by atoms with Crippen molar-refractivity contribution in [3.63, 3.8) is 0 Å². The van der Waals surface area contributed by atoms with Crippen LogP contribution in [0.5, 0.6) is 0 Å². The Labute approximate surface area is 127 Å². The molecule has 0 atom stereocenters. The highest BCUT2D eigenvalue weighted by atomic mass is 19.4. The normalized spacial score (nSPS) is 25.8. The van der Waals surface area contributed by atoms with E-state index in [9.17, 15) is 23.1 Å². The molecule has 6 heteroatoms. The van der Waals surface area contributed by atoms with Crippen LogP contribution in [0.15, 0.2) is 24.3 Å². The number of alkyl halides is 3. The summed E-state index contributed by atoms with van der Waals surface area (Å²) < 4.78 is 43.3. The molecule has 1 aliphatic rings. The lowest BCUT2D eigenvalue weighted by atomic mass is 9.75. The van der Waals surface area contributed by atoms with E-state index < -0.39 is 17.3 Å². The molecule has 2 rings (SSSR count). The molecule has 1 saturated carbocycles. The third-order valence-electron chi connectivity index (χ3n) is 4.16. The van der Waals surface area contributed by atoms with E-state index in [1.165, 1.54) is 12.1 Å². The maximum Gasteiger partial charge on any atom is 0.416 e. The van der Waals surface area contributed by atoms with Gasteiger partial charge in [-0.1, -0.05) is 12.1 Å². The van der Waals surface area contributed by atoms with Crippen LogP contribution in [0.25, 0.3) is 0 Å². The van der Waals surface area contributed by atoms with Crippen molar-refractivity contribution in [2.24, 2.45) is 5.92 Å². The first-order valence-corrected chi connectivity index (χ1v) is 7.33. The third kappa shape index (κ3) is 3.61. The van der Waals surface area contributed by atoms with Crippen molar-refractivity contribution in [2.75, 3.05) is 6.61 Å². The maximum atomic E-state index is 12.8. The van der Waals surface area contributed by atoms with Gasteiger partial charge in [-0.25, -0.2) is 0 Å². The maximum absolute atomic E-state index is 12.8. The van der Waals surface area contributed by atoms with E-state index in [2.05, 4.69) is 0 Å². The lowest BCUT2D eigenvalue weighted by Gasteiger charge is -2.35. The van der Waals surface area contributed by atoms with Gasteiger partial charge in [0.25, 0.3) is 0 Å². The summed E-state index contributed by atoms with van der Waals surface area (Å²) in [5, 5.41) is 10.6. The van der Waals surface area contributed by atoms with Crippen molar-refractivity contribution < 1.29 is 27.8 Å². The van der Waals surface area contributed by atoms with Gasteiger partial charge in [-0.15, -0.1) is 0 Å². The Morgan fingerprint density at radius 2 is 2.00 bits per heavy atom. The topological polar surface area (TPSA) is 46.5 Å². The van der Waals surface area contributed by atoms with Gasteiger partial charge in [-0.3, -0.25) is 4.79 Å². The Balaban J connectivity index is 2.12. The molecule has 0 bridgehead atoms. The van der Waals surface area contributed by atoms with Gasteiger partial charge in [-0.05, 0) is 50.3 Å². The molecule has 1 aromatic carbocycles. The standard InChI is InChI=1S/C16H19F3O3/c1-2-22-14(20)11-6-8-15(21,9-7-11)12-4-3-5-13(10-12)16(17,18)19/h3-5,10-11,21H,2,6-9H2,1H3. The van der Waals surface area contributed by atoms with Gasteiger partial charge >= 0.3 is 12.1 Å². The van der Waals surface area contributed by atoms with Crippen LogP contribution < -0.4 is 0 Å². The molecular formula is C16H19F3O3. The smallest absolute Gasteiger partial charge is 0.416 e. The average molecular weight is 316 g/mol. The first-order valence-electron chi connectivity index (χ1n) is 7.33. The summed E-state index contributed by atoms with van der Waals surface area (Å²) in [6.45, 7) is 2.02. The van der Waals surface area contributed by atoms with Crippen LogP contribution in [-0.2, 0) is 21.3 Å². The van der Waals surface area contributed by atoms with E-state index >= 15 is 0 Å². The molecule has 0 radical (unpaired) electrons. The van der Waals surface area contributed by atoms with Crippen LogP contribution in [0.1, 0.15) is 43.7 Å². The predicted octanol–water partition coefficient (Wildman–Crippen LogP) is 3.65. The molecule has 1 fully saturated rings. The highest BCUT2D eigenvalue weighted by Gasteiger charge is 2.39. The van der Waals surface area contributed by atoms with Crippen LogP contribution in [-0.4, -0.2) is 17.7 Å². The number of aliphatic hydroxyl groups is 1. The third-order valence-corrected chi connectivity index (χ3v) is 4.16. The number of carbonyl (C=O) groups is 1. The molecule has 0 saturated heterocycles. The summed E-state index contributed by atoms with van der Waals surface area (Å²) in [4.78, 5) is 11.7. The summed E-state index contributed by atoms with van der Waals surface area (Å²) in [6, 6.07) is 4.77. The SMILES string of the molecule is CCOC(=O)C1CCC(O)(c2cccc(C(F)(F)F)c2)CC1. The second-order valence-electron chi connectivity index (χ2n) is 5.64. The molecule has 1 N–H and O–H groups in total. The monoisotopic (exact) mass is 316 g/mol. The quantitative estimate of drug-likeness (QED) is 0.866. The van der Waals surface area contributed by atoms with Crippen molar-refractivity contribution in [1.82, 2.24) is 0 Å². The number of esters is 1. The van der Waals surface area contributed by atoms with Crippen molar-refractivity contribution in [2.45, 2.75) is 44.4 Å². The lowest BCUT2D eigenvalue weighted by molar-refractivity contribution is -0.151. The zero-order valence-corrected chi connectivity index (χ0v) is 12.3. The van der Waals surface area contributed by atoms with Gasteiger partial charge in [-0.2, -0.15) is 13.2 Å². The second kappa shape index (κ2) is 6.28. The Hall–Kier alpha value is -1.56. The lowest BCUT2D eigenvalue weighted by Crippen LogP contribution is -2.34. The Morgan fingerprint density at radius 1 is 1.36 bits per heavy atom. The van der Waals surface area contributed by atoms with Gasteiger partial charge in [0.2, 0.25) is 0 Å². The molecule has 0 spiro atoms. The molecule has 0 aliphatic heterocycles. The van der Waals surface area contributed by atoms with Crippen molar-refractivity contribution >= 4 is 5.97 Å². The number of hydrogen-bond donors (Lipinski definition) is 1. The Bertz CT molecular complexity index is 532. The molecule has 0 aromatic heterocycles. The van der Waals surface area contributed by atoms with Crippen LogP contribution in [0.3, 0.4) is 0 Å². The van der Waals surface area contributed by atoms with E-state index in [1.807, 2.05) is 0 Å². The summed E-state index contributed by atoms with van der Waals surface area (Å²) in [6.07, 6.45) is -3.12. The Kier molecular flexibility index (Phi) is 4.80. The number of benzene rings is 1. The van der Waals surface area contributed by atoms with Gasteiger partial charge in [0, 0.05) is 0 Å². The summed E-state index contributed by atoms with van der Waals surface area (Å²) >= 11 is 0. The van der Waals surface area contributed by atoms with Gasteiger partial charge in [0.05, 0.1) is 23.7 Å². The molecule has 122 valence electrons. The van der Waals surface area contributed by atoms with Crippen molar-refractivity contribution in [1.29, 1.82) is 0 Å². The van der Waals surface area contributed by atoms with Crippen LogP contribution >= 0.6 is 0 Å². The number of carbonyl (C=O) groups excluding carboxylic acids is 1. The first-order chi connectivity index (χ1) is 10.3. The fourth-order valence-corrected chi connectivity index (χ4v) is 2.86. The van der Waals surface area contributed by atoms with Crippen LogP contribution in [0.4, 0.5) is 13.2 Å². The van der Waals surface area contributed by atoms with Gasteiger partial charge in [0.1, 0.15) is 0 Å². The largest absolute Gasteiger partial charge is 0.466 e. The fraction of sp³-hybridized carbons (Fsp3) is 0.562. The minimum absolute atomic E-state index is 0.248. The van der Waals surface area contributed by atoms with Gasteiger partial charge in [0.15, 0.2) is 0 Å². The zero-order chi connectivity index (χ0) is 16.4. The summed E-state index contributed by atoms with van der Waals surface area (Å²) in [5.74, 6) is -0.584. The highest BCUT2D eigenvalue weighted by molar-refractivity contribution is 5.72. The van der Waals surface area contributed by atoms with E-state index in [0.717, 1.165) is 12.1 Å². The molecule has 0 unspecified atom stereocenters. The molecule has 1 aliphatic carbocycles.